The van der Waals surface area contributed by atoms with E-state index >= 15 is 0 Å². The van der Waals surface area contributed by atoms with Crippen LogP contribution in [0.4, 0.5) is 4.39 Å². The average Bonchev–Trinajstić information content (AvgIpc) is 3.04. The molecular weight excluding hydrogens is 557 g/mol. The molecule has 8 heteroatoms. The molecule has 2 unspecified atom stereocenters. The molecule has 0 aliphatic heterocycles. The number of hydrogen-bond acceptors (Lipinski definition) is 5. The number of nitrogens with one attached hydrogen (secondary N) is 2. The second-order valence-electron chi connectivity index (χ2n) is 10.9. The number of benzene rings is 4. The molecule has 7 nitrogen and oxygen atoms in total. The lowest BCUT2D eigenvalue weighted by Crippen LogP contribution is -2.45. The lowest BCUT2D eigenvalue weighted by Gasteiger charge is -2.37. The molecule has 4 rings (SSSR count). The summed E-state index contributed by atoms with van der Waals surface area (Å²) >= 11 is 0. The van der Waals surface area contributed by atoms with Crippen LogP contribution < -0.4 is 21.1 Å². The zero-order valence-electron chi connectivity index (χ0n) is 24.9. The maximum atomic E-state index is 13.2. The Morgan fingerprint density at radius 3 is 1.95 bits per heavy atom. The summed E-state index contributed by atoms with van der Waals surface area (Å²) in [5.41, 5.74) is 9.46. The van der Waals surface area contributed by atoms with Gasteiger partial charge < -0.3 is 20.9 Å². The minimum absolute atomic E-state index is 0.0265. The molecule has 0 fully saturated rings. The highest BCUT2D eigenvalue weighted by molar-refractivity contribution is 5.83. The van der Waals surface area contributed by atoms with Crippen molar-refractivity contribution in [2.45, 2.75) is 49.7 Å². The van der Waals surface area contributed by atoms with E-state index in [1.165, 1.54) is 12.1 Å². The molecule has 0 heterocycles. The number of rotatable bonds is 16. The van der Waals surface area contributed by atoms with Crippen LogP contribution in [0, 0.1) is 5.82 Å². The Morgan fingerprint density at radius 1 is 0.841 bits per heavy atom. The number of aliphatic carboxylic acids is 1. The first-order chi connectivity index (χ1) is 21.3. The van der Waals surface area contributed by atoms with Gasteiger partial charge in [-0.15, -0.1) is 0 Å². The number of carbonyl (C=O) groups is 2. The first kappa shape index (κ1) is 32.4. The molecule has 4 aromatic rings. The third-order valence-electron chi connectivity index (χ3n) is 7.74. The summed E-state index contributed by atoms with van der Waals surface area (Å²) in [6.07, 6.45) is 1.90. The molecule has 44 heavy (non-hydrogen) atoms. The molecule has 0 aromatic heterocycles. The molecule has 4 aromatic carbocycles. The van der Waals surface area contributed by atoms with Gasteiger partial charge in [-0.3, -0.25) is 10.1 Å². The standard InChI is InChI=1S/C36H40FN3O4/c1-44-32-21-17-29(18-22-32)36(27-10-4-2-5-11-27,28-12-6-3-7-13-28)39-23-9-8-14-33(35(42)43)40-34(41)25-31(38)24-26-15-19-30(37)20-16-26/h2-7,10-13,15-22,31,33,39H,8-9,14,23-25,38H2,1H3,(H,40,41)(H,42,43). The highest BCUT2D eigenvalue weighted by Gasteiger charge is 2.35. The molecule has 0 radical (unpaired) electrons. The number of nitrogens with two attached hydrogens (primary N) is 1. The van der Waals surface area contributed by atoms with Crippen molar-refractivity contribution in [2.75, 3.05) is 13.7 Å². The predicted molar refractivity (Wildman–Crippen MR) is 170 cm³/mol. The molecule has 5 N–H and O–H groups in total. The number of carbonyl (C=O) groups excluding carboxylic acids is 1. The number of carboxylic acids is 1. The Balaban J connectivity index is 1.40. The second kappa shape index (κ2) is 15.8. The Morgan fingerprint density at radius 2 is 1.41 bits per heavy atom. The van der Waals surface area contributed by atoms with Crippen LogP contribution in [0.1, 0.15) is 47.9 Å². The summed E-state index contributed by atoms with van der Waals surface area (Å²) in [5, 5.41) is 16.2. The number of unbranched alkanes of at least 4 members (excludes halogenated alkanes) is 1. The summed E-state index contributed by atoms with van der Waals surface area (Å²) in [6, 6.07) is 32.9. The topological polar surface area (TPSA) is 114 Å². The normalized spacial score (nSPS) is 12.7. The van der Waals surface area contributed by atoms with E-state index in [4.69, 9.17) is 10.5 Å². The van der Waals surface area contributed by atoms with E-state index in [9.17, 15) is 19.1 Å². The predicted octanol–water partition coefficient (Wildman–Crippen LogP) is 5.42. The highest BCUT2D eigenvalue weighted by Crippen LogP contribution is 2.37. The van der Waals surface area contributed by atoms with Gasteiger partial charge in [0.2, 0.25) is 5.91 Å². The smallest absolute Gasteiger partial charge is 0.326 e. The van der Waals surface area contributed by atoms with Gasteiger partial charge in [0, 0.05) is 12.5 Å². The number of amides is 1. The van der Waals surface area contributed by atoms with Crippen LogP contribution in [0.5, 0.6) is 5.75 Å². The van der Waals surface area contributed by atoms with Crippen molar-refractivity contribution in [1.82, 2.24) is 10.6 Å². The van der Waals surface area contributed by atoms with Crippen molar-refractivity contribution in [3.63, 3.8) is 0 Å². The summed E-state index contributed by atoms with van der Waals surface area (Å²) < 4.78 is 18.6. The third kappa shape index (κ3) is 8.52. The zero-order chi connectivity index (χ0) is 31.4. The van der Waals surface area contributed by atoms with E-state index in [0.29, 0.717) is 25.8 Å². The van der Waals surface area contributed by atoms with Crippen LogP contribution in [0.25, 0.3) is 0 Å². The van der Waals surface area contributed by atoms with Crippen LogP contribution in [0.2, 0.25) is 0 Å². The highest BCUT2D eigenvalue weighted by atomic mass is 19.1. The fourth-order valence-electron chi connectivity index (χ4n) is 5.52. The number of hydrogen-bond donors (Lipinski definition) is 4. The Hall–Kier alpha value is -4.53. The maximum absolute atomic E-state index is 13.2. The monoisotopic (exact) mass is 597 g/mol. The second-order valence-corrected chi connectivity index (χ2v) is 10.9. The van der Waals surface area contributed by atoms with Gasteiger partial charge in [0.15, 0.2) is 0 Å². The molecular formula is C36H40FN3O4. The van der Waals surface area contributed by atoms with Gasteiger partial charge in [-0.25, -0.2) is 9.18 Å². The van der Waals surface area contributed by atoms with Gasteiger partial charge >= 0.3 is 5.97 Å². The van der Waals surface area contributed by atoms with Crippen LogP contribution in [0.15, 0.2) is 109 Å². The number of ether oxygens (including phenoxy) is 1. The van der Waals surface area contributed by atoms with Crippen molar-refractivity contribution < 1.29 is 23.8 Å². The van der Waals surface area contributed by atoms with Gasteiger partial charge in [-0.05, 0) is 78.7 Å². The van der Waals surface area contributed by atoms with E-state index in [-0.39, 0.29) is 18.7 Å². The Bertz CT molecular complexity index is 1430. The molecule has 0 aliphatic carbocycles. The van der Waals surface area contributed by atoms with Crippen molar-refractivity contribution >= 4 is 11.9 Å². The SMILES string of the molecule is COc1ccc(C(NCCCCC(NC(=O)CC(N)Cc2ccc(F)cc2)C(=O)O)(c2ccccc2)c2ccccc2)cc1. The Kier molecular flexibility index (Phi) is 11.6. The van der Waals surface area contributed by atoms with Crippen molar-refractivity contribution in [1.29, 1.82) is 0 Å². The van der Waals surface area contributed by atoms with E-state index in [1.807, 2.05) is 48.5 Å². The van der Waals surface area contributed by atoms with Gasteiger partial charge in [0.05, 0.1) is 12.6 Å². The van der Waals surface area contributed by atoms with E-state index in [2.05, 4.69) is 47.0 Å². The first-order valence-electron chi connectivity index (χ1n) is 14.8. The fraction of sp³-hybridized carbons (Fsp3) is 0.278. The molecule has 1 amide bonds. The van der Waals surface area contributed by atoms with Crippen molar-refractivity contribution in [3.8, 4) is 5.75 Å². The van der Waals surface area contributed by atoms with Crippen LogP contribution >= 0.6 is 0 Å². The summed E-state index contributed by atoms with van der Waals surface area (Å²) in [7, 11) is 1.64. The summed E-state index contributed by atoms with van der Waals surface area (Å²) in [5.74, 6) is -1.08. The number of carboxylic acid groups (broad SMARTS) is 1. The molecule has 230 valence electrons. The van der Waals surface area contributed by atoms with Gasteiger partial charge in [0.1, 0.15) is 17.6 Å². The minimum Gasteiger partial charge on any atom is -0.497 e. The molecule has 0 aliphatic rings. The van der Waals surface area contributed by atoms with Crippen LogP contribution in [-0.2, 0) is 21.5 Å². The van der Waals surface area contributed by atoms with E-state index in [0.717, 1.165) is 28.0 Å². The van der Waals surface area contributed by atoms with E-state index in [1.54, 1.807) is 19.2 Å². The van der Waals surface area contributed by atoms with Gasteiger partial charge in [-0.1, -0.05) is 84.9 Å². The largest absolute Gasteiger partial charge is 0.497 e. The minimum atomic E-state index is -1.08. The number of halogens is 1. The van der Waals surface area contributed by atoms with E-state index < -0.39 is 29.5 Å². The lowest BCUT2D eigenvalue weighted by molar-refractivity contribution is -0.142. The first-order valence-corrected chi connectivity index (χ1v) is 14.8. The maximum Gasteiger partial charge on any atom is 0.326 e. The zero-order valence-corrected chi connectivity index (χ0v) is 24.9. The fourth-order valence-corrected chi connectivity index (χ4v) is 5.52. The molecule has 0 spiro atoms. The summed E-state index contributed by atoms with van der Waals surface area (Å²) in [4.78, 5) is 24.6. The molecule has 0 saturated carbocycles. The lowest BCUT2D eigenvalue weighted by atomic mass is 9.77. The van der Waals surface area contributed by atoms with Gasteiger partial charge in [-0.2, -0.15) is 0 Å². The molecule has 0 bridgehead atoms. The quantitative estimate of drug-likeness (QED) is 0.101. The van der Waals surface area contributed by atoms with Crippen LogP contribution in [0.3, 0.4) is 0 Å². The molecule has 2 atom stereocenters. The number of methoxy groups -OCH3 is 1. The van der Waals surface area contributed by atoms with Gasteiger partial charge in [0.25, 0.3) is 0 Å². The Labute approximate surface area is 258 Å². The van der Waals surface area contributed by atoms with Crippen LogP contribution in [-0.4, -0.2) is 42.7 Å². The van der Waals surface area contributed by atoms with Crippen molar-refractivity contribution in [2.24, 2.45) is 5.73 Å². The third-order valence-corrected chi connectivity index (χ3v) is 7.74. The average molecular weight is 598 g/mol. The summed E-state index contributed by atoms with van der Waals surface area (Å²) in [6.45, 7) is 0.596. The van der Waals surface area contributed by atoms with Crippen molar-refractivity contribution in [3.05, 3.63) is 137 Å². The molecule has 0 saturated heterocycles.